The number of hydrogen-bond acceptors (Lipinski definition) is 3. The van der Waals surface area contributed by atoms with Gasteiger partial charge in [0.1, 0.15) is 0 Å². The van der Waals surface area contributed by atoms with Crippen molar-refractivity contribution in [3.8, 4) is 5.69 Å². The van der Waals surface area contributed by atoms with Gasteiger partial charge in [0.25, 0.3) is 0 Å². The zero-order valence-electron chi connectivity index (χ0n) is 11.2. The van der Waals surface area contributed by atoms with Crippen LogP contribution in [0.5, 0.6) is 0 Å². The molecule has 2 heterocycles. The van der Waals surface area contributed by atoms with Gasteiger partial charge < -0.3 is 15.2 Å². The van der Waals surface area contributed by atoms with Crippen molar-refractivity contribution in [3.63, 3.8) is 0 Å². The van der Waals surface area contributed by atoms with Crippen LogP contribution >= 0.6 is 0 Å². The number of nitrogens with zero attached hydrogens (tertiary/aromatic N) is 2. The van der Waals surface area contributed by atoms with E-state index in [-0.39, 0.29) is 11.8 Å². The highest BCUT2D eigenvalue weighted by Gasteiger charge is 2.20. The molecule has 20 heavy (non-hydrogen) atoms. The van der Waals surface area contributed by atoms with Gasteiger partial charge in [0, 0.05) is 29.7 Å². The lowest BCUT2D eigenvalue weighted by Crippen LogP contribution is -2.34. The van der Waals surface area contributed by atoms with Crippen LogP contribution in [0.2, 0.25) is 0 Å². The molecule has 2 N–H and O–H groups in total. The van der Waals surface area contributed by atoms with E-state index in [0.717, 1.165) is 37.3 Å². The standard InChI is InChI=1S/C15H18N4O/c20-15(12-4-6-16-7-5-12)18-13-2-1-3-14(10-13)19-9-8-17-11-19/h1-3,8-12,16H,4-7H2,(H,18,20). The van der Waals surface area contributed by atoms with E-state index in [1.807, 2.05) is 35.0 Å². The molecule has 5 heteroatoms. The maximum absolute atomic E-state index is 12.2. The smallest absolute Gasteiger partial charge is 0.227 e. The van der Waals surface area contributed by atoms with Crippen LogP contribution in [0, 0.1) is 5.92 Å². The number of carbonyl (C=O) groups excluding carboxylic acids is 1. The van der Waals surface area contributed by atoms with Gasteiger partial charge in [0.15, 0.2) is 0 Å². The number of amides is 1. The van der Waals surface area contributed by atoms with Gasteiger partial charge in [-0.25, -0.2) is 4.98 Å². The van der Waals surface area contributed by atoms with Crippen molar-refractivity contribution in [1.82, 2.24) is 14.9 Å². The number of imidazole rings is 1. The van der Waals surface area contributed by atoms with Crippen molar-refractivity contribution >= 4 is 11.6 Å². The van der Waals surface area contributed by atoms with Gasteiger partial charge in [-0.15, -0.1) is 0 Å². The molecule has 1 amide bonds. The Morgan fingerprint density at radius 2 is 2.20 bits per heavy atom. The quantitative estimate of drug-likeness (QED) is 0.894. The SMILES string of the molecule is O=C(Nc1cccc(-n2ccnc2)c1)C1CCNCC1. The van der Waals surface area contributed by atoms with Gasteiger partial charge in [-0.05, 0) is 44.1 Å². The molecule has 0 unspecified atom stereocenters. The largest absolute Gasteiger partial charge is 0.326 e. The van der Waals surface area contributed by atoms with Crippen LogP contribution in [0.1, 0.15) is 12.8 Å². The summed E-state index contributed by atoms with van der Waals surface area (Å²) in [4.78, 5) is 16.2. The Labute approximate surface area is 118 Å². The molecule has 1 aliphatic rings. The molecular formula is C15H18N4O. The molecule has 0 saturated carbocycles. The molecule has 1 saturated heterocycles. The fourth-order valence-corrected chi connectivity index (χ4v) is 2.48. The highest BCUT2D eigenvalue weighted by molar-refractivity contribution is 5.92. The molecule has 0 atom stereocenters. The maximum Gasteiger partial charge on any atom is 0.227 e. The van der Waals surface area contributed by atoms with E-state index < -0.39 is 0 Å². The van der Waals surface area contributed by atoms with Crippen molar-refractivity contribution in [3.05, 3.63) is 43.0 Å². The van der Waals surface area contributed by atoms with E-state index in [9.17, 15) is 4.79 Å². The van der Waals surface area contributed by atoms with Gasteiger partial charge in [-0.1, -0.05) is 6.07 Å². The molecule has 0 aliphatic carbocycles. The van der Waals surface area contributed by atoms with Crippen molar-refractivity contribution in [2.24, 2.45) is 5.92 Å². The van der Waals surface area contributed by atoms with Crippen LogP contribution < -0.4 is 10.6 Å². The number of piperidine rings is 1. The predicted octanol–water partition coefficient (Wildman–Crippen LogP) is 1.81. The number of nitrogens with one attached hydrogen (secondary N) is 2. The minimum absolute atomic E-state index is 0.119. The Morgan fingerprint density at radius 1 is 1.35 bits per heavy atom. The van der Waals surface area contributed by atoms with Gasteiger partial charge in [0.2, 0.25) is 5.91 Å². The zero-order valence-corrected chi connectivity index (χ0v) is 11.2. The van der Waals surface area contributed by atoms with E-state index >= 15 is 0 Å². The zero-order chi connectivity index (χ0) is 13.8. The van der Waals surface area contributed by atoms with Crippen molar-refractivity contribution < 1.29 is 4.79 Å². The molecule has 2 aromatic rings. The third-order valence-electron chi connectivity index (χ3n) is 3.63. The molecule has 1 aliphatic heterocycles. The van der Waals surface area contributed by atoms with Gasteiger partial charge in [-0.2, -0.15) is 0 Å². The Kier molecular flexibility index (Phi) is 3.78. The first-order chi connectivity index (χ1) is 9.83. The van der Waals surface area contributed by atoms with E-state index in [4.69, 9.17) is 0 Å². The molecule has 0 radical (unpaired) electrons. The molecule has 1 fully saturated rings. The van der Waals surface area contributed by atoms with Gasteiger partial charge >= 0.3 is 0 Å². The van der Waals surface area contributed by atoms with Crippen molar-refractivity contribution in [1.29, 1.82) is 0 Å². The molecular weight excluding hydrogens is 252 g/mol. The number of rotatable bonds is 3. The molecule has 5 nitrogen and oxygen atoms in total. The van der Waals surface area contributed by atoms with Crippen molar-refractivity contribution in [2.45, 2.75) is 12.8 Å². The summed E-state index contributed by atoms with van der Waals surface area (Å²) in [5, 5.41) is 6.28. The number of carbonyl (C=O) groups is 1. The van der Waals surface area contributed by atoms with E-state index in [2.05, 4.69) is 15.6 Å². The Bertz CT molecular complexity index is 573. The predicted molar refractivity (Wildman–Crippen MR) is 77.8 cm³/mol. The molecule has 0 spiro atoms. The van der Waals surface area contributed by atoms with Gasteiger partial charge in [-0.3, -0.25) is 4.79 Å². The summed E-state index contributed by atoms with van der Waals surface area (Å²) in [5.74, 6) is 0.238. The Hall–Kier alpha value is -2.14. The lowest BCUT2D eigenvalue weighted by atomic mass is 9.97. The van der Waals surface area contributed by atoms with Crippen LogP contribution in [0.25, 0.3) is 5.69 Å². The first kappa shape index (κ1) is 12.9. The molecule has 0 bridgehead atoms. The highest BCUT2D eigenvalue weighted by Crippen LogP contribution is 2.18. The minimum atomic E-state index is 0.119. The lowest BCUT2D eigenvalue weighted by molar-refractivity contribution is -0.120. The first-order valence-corrected chi connectivity index (χ1v) is 6.93. The summed E-state index contributed by atoms with van der Waals surface area (Å²) in [7, 11) is 0. The summed E-state index contributed by atoms with van der Waals surface area (Å²) in [6.07, 6.45) is 7.18. The lowest BCUT2D eigenvalue weighted by Gasteiger charge is -2.21. The average Bonchev–Trinajstić information content (AvgIpc) is 3.03. The molecule has 1 aromatic carbocycles. The van der Waals surface area contributed by atoms with E-state index in [1.54, 1.807) is 12.5 Å². The summed E-state index contributed by atoms with van der Waals surface area (Å²) in [6.45, 7) is 1.85. The third-order valence-corrected chi connectivity index (χ3v) is 3.63. The Balaban J connectivity index is 1.71. The average molecular weight is 270 g/mol. The van der Waals surface area contributed by atoms with Crippen molar-refractivity contribution in [2.75, 3.05) is 18.4 Å². The Morgan fingerprint density at radius 3 is 2.95 bits per heavy atom. The fourth-order valence-electron chi connectivity index (χ4n) is 2.48. The second-order valence-electron chi connectivity index (χ2n) is 5.03. The molecule has 1 aromatic heterocycles. The van der Waals surface area contributed by atoms with Crippen LogP contribution in [0.4, 0.5) is 5.69 Å². The van der Waals surface area contributed by atoms with Crippen LogP contribution in [0.3, 0.4) is 0 Å². The van der Waals surface area contributed by atoms with E-state index in [1.165, 1.54) is 0 Å². The monoisotopic (exact) mass is 270 g/mol. The number of benzene rings is 1. The topological polar surface area (TPSA) is 59.0 Å². The third kappa shape index (κ3) is 2.88. The summed E-state index contributed by atoms with van der Waals surface area (Å²) < 4.78 is 1.92. The number of anilines is 1. The summed E-state index contributed by atoms with van der Waals surface area (Å²) in [5.41, 5.74) is 1.82. The molecule has 104 valence electrons. The minimum Gasteiger partial charge on any atom is -0.326 e. The maximum atomic E-state index is 12.2. The second kappa shape index (κ2) is 5.88. The summed E-state index contributed by atoms with van der Waals surface area (Å²) >= 11 is 0. The van der Waals surface area contributed by atoms with E-state index in [0.29, 0.717) is 0 Å². The van der Waals surface area contributed by atoms with Crippen LogP contribution in [-0.2, 0) is 4.79 Å². The summed E-state index contributed by atoms with van der Waals surface area (Å²) in [6, 6.07) is 7.80. The van der Waals surface area contributed by atoms with Crippen LogP contribution in [-0.4, -0.2) is 28.5 Å². The molecule has 3 rings (SSSR count). The highest BCUT2D eigenvalue weighted by atomic mass is 16.1. The first-order valence-electron chi connectivity index (χ1n) is 6.93. The number of aromatic nitrogens is 2. The van der Waals surface area contributed by atoms with Crippen LogP contribution in [0.15, 0.2) is 43.0 Å². The fraction of sp³-hybridized carbons (Fsp3) is 0.333. The number of hydrogen-bond donors (Lipinski definition) is 2. The van der Waals surface area contributed by atoms with Gasteiger partial charge in [0.05, 0.1) is 6.33 Å². The normalized spacial score (nSPS) is 16.0. The second-order valence-corrected chi connectivity index (χ2v) is 5.03.